The van der Waals surface area contributed by atoms with Crippen LogP contribution in [-0.2, 0) is 0 Å². The molecule has 2 heterocycles. The Kier molecular flexibility index (Phi) is 3.95. The standard InChI is InChI=1S/C16H30N2/c1-12(13-6-3-4-7-13)18-15-8-5-9-16(18)11-14(10-15)17-2/h12-17H,3-11H2,1-2H3. The molecule has 0 aromatic rings. The van der Waals surface area contributed by atoms with E-state index in [0.717, 1.165) is 30.1 Å². The van der Waals surface area contributed by atoms with Crippen molar-refractivity contribution < 1.29 is 0 Å². The van der Waals surface area contributed by atoms with Crippen molar-refractivity contribution in [3.8, 4) is 0 Å². The fraction of sp³-hybridized carbons (Fsp3) is 1.00. The number of fused-ring (bicyclic) bond motifs is 2. The van der Waals surface area contributed by atoms with Gasteiger partial charge in [0.1, 0.15) is 0 Å². The van der Waals surface area contributed by atoms with Gasteiger partial charge < -0.3 is 5.32 Å². The Hall–Kier alpha value is -0.0800. The second-order valence-electron chi connectivity index (χ2n) is 6.93. The minimum Gasteiger partial charge on any atom is -0.317 e. The zero-order valence-electron chi connectivity index (χ0n) is 12.2. The second-order valence-corrected chi connectivity index (χ2v) is 6.93. The van der Waals surface area contributed by atoms with E-state index in [0.29, 0.717) is 0 Å². The Balaban J connectivity index is 1.70. The highest BCUT2D eigenvalue weighted by atomic mass is 15.2. The Morgan fingerprint density at radius 3 is 2.11 bits per heavy atom. The zero-order chi connectivity index (χ0) is 12.5. The largest absolute Gasteiger partial charge is 0.317 e. The van der Waals surface area contributed by atoms with Crippen molar-refractivity contribution in [1.29, 1.82) is 0 Å². The van der Waals surface area contributed by atoms with Crippen molar-refractivity contribution in [2.45, 2.75) is 88.9 Å². The predicted octanol–water partition coefficient (Wildman–Crippen LogP) is 3.17. The number of rotatable bonds is 3. The first kappa shape index (κ1) is 12.9. The SMILES string of the molecule is CNC1CC2CCCC(C1)N2C(C)C1CCCC1. The van der Waals surface area contributed by atoms with E-state index in [1.807, 2.05) is 0 Å². The summed E-state index contributed by atoms with van der Waals surface area (Å²) < 4.78 is 0. The van der Waals surface area contributed by atoms with Crippen LogP contribution in [0.4, 0.5) is 0 Å². The normalized spacial score (nSPS) is 40.0. The maximum absolute atomic E-state index is 3.53. The minimum absolute atomic E-state index is 0.785. The Morgan fingerprint density at radius 2 is 1.56 bits per heavy atom. The predicted molar refractivity (Wildman–Crippen MR) is 76.8 cm³/mol. The van der Waals surface area contributed by atoms with Crippen molar-refractivity contribution in [1.82, 2.24) is 10.2 Å². The van der Waals surface area contributed by atoms with E-state index >= 15 is 0 Å². The maximum atomic E-state index is 3.53. The Labute approximate surface area is 113 Å². The molecule has 2 heteroatoms. The molecule has 3 fully saturated rings. The third-order valence-electron chi connectivity index (χ3n) is 5.99. The number of nitrogens with one attached hydrogen (secondary N) is 1. The molecule has 104 valence electrons. The number of piperidine rings is 2. The van der Waals surface area contributed by atoms with Crippen LogP contribution in [0.25, 0.3) is 0 Å². The molecule has 0 amide bonds. The fourth-order valence-electron chi connectivity index (χ4n) is 5.00. The van der Waals surface area contributed by atoms with Gasteiger partial charge in [-0.1, -0.05) is 19.3 Å². The van der Waals surface area contributed by atoms with E-state index in [-0.39, 0.29) is 0 Å². The summed E-state index contributed by atoms with van der Waals surface area (Å²) in [5.74, 6) is 0.999. The van der Waals surface area contributed by atoms with Crippen LogP contribution in [0.15, 0.2) is 0 Å². The van der Waals surface area contributed by atoms with Crippen LogP contribution in [-0.4, -0.2) is 36.1 Å². The third kappa shape index (κ3) is 2.34. The van der Waals surface area contributed by atoms with Crippen LogP contribution >= 0.6 is 0 Å². The molecule has 1 saturated carbocycles. The molecule has 3 unspecified atom stereocenters. The first-order chi connectivity index (χ1) is 8.79. The van der Waals surface area contributed by atoms with Crippen LogP contribution in [0.3, 0.4) is 0 Å². The second kappa shape index (κ2) is 5.50. The summed E-state index contributed by atoms with van der Waals surface area (Å²) in [6, 6.07) is 3.39. The first-order valence-electron chi connectivity index (χ1n) is 8.24. The summed E-state index contributed by atoms with van der Waals surface area (Å²) in [7, 11) is 2.15. The molecule has 2 aliphatic heterocycles. The van der Waals surface area contributed by atoms with Gasteiger partial charge in [-0.25, -0.2) is 0 Å². The van der Waals surface area contributed by atoms with E-state index in [1.54, 1.807) is 0 Å². The van der Waals surface area contributed by atoms with Crippen LogP contribution < -0.4 is 5.32 Å². The van der Waals surface area contributed by atoms with E-state index in [4.69, 9.17) is 0 Å². The molecule has 1 N–H and O–H groups in total. The molecule has 3 atom stereocenters. The summed E-state index contributed by atoms with van der Waals surface area (Å²) in [6.07, 6.45) is 13.1. The summed E-state index contributed by atoms with van der Waals surface area (Å²) in [5, 5.41) is 3.53. The quantitative estimate of drug-likeness (QED) is 0.827. The van der Waals surface area contributed by atoms with Crippen LogP contribution in [0.5, 0.6) is 0 Å². The number of nitrogens with zero attached hydrogens (tertiary/aromatic N) is 1. The summed E-state index contributed by atoms with van der Waals surface area (Å²) in [4.78, 5) is 2.95. The van der Waals surface area contributed by atoms with Crippen molar-refractivity contribution >= 4 is 0 Å². The molecule has 2 nitrogen and oxygen atoms in total. The molecule has 3 rings (SSSR count). The lowest BCUT2D eigenvalue weighted by Crippen LogP contribution is -2.59. The molecular formula is C16H30N2. The summed E-state index contributed by atoms with van der Waals surface area (Å²) >= 11 is 0. The fourth-order valence-corrected chi connectivity index (χ4v) is 5.00. The molecule has 18 heavy (non-hydrogen) atoms. The van der Waals surface area contributed by atoms with Gasteiger partial charge in [-0.15, -0.1) is 0 Å². The van der Waals surface area contributed by atoms with Gasteiger partial charge in [-0.05, 0) is 58.4 Å². The van der Waals surface area contributed by atoms with Gasteiger partial charge in [-0.2, -0.15) is 0 Å². The maximum Gasteiger partial charge on any atom is 0.0116 e. The lowest BCUT2D eigenvalue weighted by Gasteiger charge is -2.53. The van der Waals surface area contributed by atoms with Crippen LogP contribution in [0.2, 0.25) is 0 Å². The van der Waals surface area contributed by atoms with E-state index in [9.17, 15) is 0 Å². The smallest absolute Gasteiger partial charge is 0.0116 e. The Morgan fingerprint density at radius 1 is 0.944 bits per heavy atom. The highest BCUT2D eigenvalue weighted by Crippen LogP contribution is 2.40. The van der Waals surface area contributed by atoms with Gasteiger partial charge in [0.15, 0.2) is 0 Å². The van der Waals surface area contributed by atoms with E-state index in [1.165, 1.54) is 57.8 Å². The number of hydrogen-bond acceptors (Lipinski definition) is 2. The van der Waals surface area contributed by atoms with Crippen molar-refractivity contribution in [2.24, 2.45) is 5.92 Å². The van der Waals surface area contributed by atoms with Gasteiger partial charge in [0.2, 0.25) is 0 Å². The molecule has 0 spiro atoms. The Bertz CT molecular complexity index is 258. The lowest BCUT2D eigenvalue weighted by atomic mass is 9.79. The molecular weight excluding hydrogens is 220 g/mol. The molecule has 3 aliphatic rings. The molecule has 2 bridgehead atoms. The van der Waals surface area contributed by atoms with Gasteiger partial charge in [-0.3, -0.25) is 4.90 Å². The zero-order valence-corrected chi connectivity index (χ0v) is 12.2. The number of hydrogen-bond donors (Lipinski definition) is 1. The molecule has 1 aliphatic carbocycles. The van der Waals surface area contributed by atoms with E-state index in [2.05, 4.69) is 24.2 Å². The minimum atomic E-state index is 0.785. The van der Waals surface area contributed by atoms with Gasteiger partial charge >= 0.3 is 0 Å². The van der Waals surface area contributed by atoms with Crippen molar-refractivity contribution in [2.75, 3.05) is 7.05 Å². The molecule has 0 aromatic carbocycles. The van der Waals surface area contributed by atoms with Crippen LogP contribution in [0, 0.1) is 5.92 Å². The highest BCUT2D eigenvalue weighted by molar-refractivity contribution is 4.98. The monoisotopic (exact) mass is 250 g/mol. The third-order valence-corrected chi connectivity index (χ3v) is 5.99. The molecule has 0 radical (unpaired) electrons. The van der Waals surface area contributed by atoms with Crippen LogP contribution in [0.1, 0.15) is 64.7 Å². The van der Waals surface area contributed by atoms with Crippen molar-refractivity contribution in [3.05, 3.63) is 0 Å². The lowest BCUT2D eigenvalue weighted by molar-refractivity contribution is -0.0220. The molecule has 0 aromatic heterocycles. The first-order valence-corrected chi connectivity index (χ1v) is 8.24. The van der Waals surface area contributed by atoms with Gasteiger partial charge in [0, 0.05) is 24.2 Å². The summed E-state index contributed by atoms with van der Waals surface area (Å²) in [6.45, 7) is 2.53. The van der Waals surface area contributed by atoms with E-state index < -0.39 is 0 Å². The van der Waals surface area contributed by atoms with Gasteiger partial charge in [0.05, 0.1) is 0 Å². The summed E-state index contributed by atoms with van der Waals surface area (Å²) in [5.41, 5.74) is 0. The molecule has 2 saturated heterocycles. The van der Waals surface area contributed by atoms with Gasteiger partial charge in [0.25, 0.3) is 0 Å². The topological polar surface area (TPSA) is 15.3 Å². The highest BCUT2D eigenvalue weighted by Gasteiger charge is 2.42. The van der Waals surface area contributed by atoms with Crippen molar-refractivity contribution in [3.63, 3.8) is 0 Å². The average molecular weight is 250 g/mol. The average Bonchev–Trinajstić information content (AvgIpc) is 2.90.